The number of para-hydroxylation sites is 1. The third kappa shape index (κ3) is 3.22. The second-order valence-electron chi connectivity index (χ2n) is 6.96. The average molecular weight is 288 g/mol. The number of anilines is 1. The van der Waals surface area contributed by atoms with Gasteiger partial charge in [0.15, 0.2) is 0 Å². The summed E-state index contributed by atoms with van der Waals surface area (Å²) in [6.45, 7) is 11.7. The van der Waals surface area contributed by atoms with E-state index < -0.39 is 0 Å². The molecule has 1 aromatic rings. The molecule has 1 aromatic carbocycles. The fourth-order valence-electron chi connectivity index (χ4n) is 3.55. The molecule has 1 aliphatic carbocycles. The van der Waals surface area contributed by atoms with Crippen molar-refractivity contribution in [2.24, 2.45) is 17.3 Å². The number of amides is 2. The van der Waals surface area contributed by atoms with Gasteiger partial charge < -0.3 is 10.6 Å². The van der Waals surface area contributed by atoms with Gasteiger partial charge in [0.2, 0.25) is 0 Å². The molecule has 3 heteroatoms. The van der Waals surface area contributed by atoms with E-state index in [0.717, 1.165) is 29.3 Å². The van der Waals surface area contributed by atoms with Crippen molar-refractivity contribution in [2.45, 2.75) is 47.5 Å². The second kappa shape index (κ2) is 6.08. The number of carbonyl (C=O) groups excluding carboxylic acids is 1. The van der Waals surface area contributed by atoms with Crippen LogP contribution in [0.2, 0.25) is 0 Å². The summed E-state index contributed by atoms with van der Waals surface area (Å²) in [5.74, 6) is 1.39. The lowest BCUT2D eigenvalue weighted by Gasteiger charge is -2.52. The number of hydrogen-bond acceptors (Lipinski definition) is 1. The molecule has 21 heavy (non-hydrogen) atoms. The van der Waals surface area contributed by atoms with Gasteiger partial charge in [-0.05, 0) is 48.6 Å². The van der Waals surface area contributed by atoms with Crippen LogP contribution < -0.4 is 10.6 Å². The highest BCUT2D eigenvalue weighted by Gasteiger charge is 2.46. The van der Waals surface area contributed by atoms with Crippen molar-refractivity contribution in [3.05, 3.63) is 29.3 Å². The van der Waals surface area contributed by atoms with Crippen LogP contribution in [0.25, 0.3) is 0 Å². The first-order chi connectivity index (χ1) is 9.86. The van der Waals surface area contributed by atoms with Gasteiger partial charge in [0.05, 0.1) is 0 Å². The molecule has 2 atom stereocenters. The Bertz CT molecular complexity index is 502. The number of benzene rings is 1. The SMILES string of the molecule is CC[C@@H]1C[C@H](CNC(=O)Nc2c(C)cccc2C)C1(C)C. The summed E-state index contributed by atoms with van der Waals surface area (Å²) in [5, 5.41) is 6.02. The van der Waals surface area contributed by atoms with E-state index in [-0.39, 0.29) is 6.03 Å². The molecule has 3 nitrogen and oxygen atoms in total. The van der Waals surface area contributed by atoms with E-state index in [1.165, 1.54) is 12.8 Å². The molecular weight excluding hydrogens is 260 g/mol. The highest BCUT2D eigenvalue weighted by Crippen LogP contribution is 2.52. The summed E-state index contributed by atoms with van der Waals surface area (Å²) in [7, 11) is 0. The highest BCUT2D eigenvalue weighted by molar-refractivity contribution is 5.90. The molecular formula is C18H28N2O. The molecule has 2 amide bonds. The van der Waals surface area contributed by atoms with Crippen LogP contribution in [0, 0.1) is 31.1 Å². The van der Waals surface area contributed by atoms with E-state index in [1.807, 2.05) is 32.0 Å². The van der Waals surface area contributed by atoms with Gasteiger partial charge in [0.1, 0.15) is 0 Å². The summed E-state index contributed by atoms with van der Waals surface area (Å²) in [6.07, 6.45) is 2.46. The van der Waals surface area contributed by atoms with E-state index in [1.54, 1.807) is 0 Å². The largest absolute Gasteiger partial charge is 0.338 e. The van der Waals surface area contributed by atoms with Gasteiger partial charge >= 0.3 is 6.03 Å². The number of rotatable bonds is 4. The smallest absolute Gasteiger partial charge is 0.319 e. The Morgan fingerprint density at radius 3 is 2.38 bits per heavy atom. The van der Waals surface area contributed by atoms with Crippen LogP contribution in [0.15, 0.2) is 18.2 Å². The third-order valence-corrected chi connectivity index (χ3v) is 5.39. The summed E-state index contributed by atoms with van der Waals surface area (Å²) >= 11 is 0. The van der Waals surface area contributed by atoms with Crippen LogP contribution in [-0.4, -0.2) is 12.6 Å². The first kappa shape index (κ1) is 15.9. The Morgan fingerprint density at radius 2 is 1.86 bits per heavy atom. The van der Waals surface area contributed by atoms with E-state index in [9.17, 15) is 4.79 Å². The van der Waals surface area contributed by atoms with Gasteiger partial charge in [0, 0.05) is 12.2 Å². The lowest BCUT2D eigenvalue weighted by Crippen LogP contribution is -2.50. The van der Waals surface area contributed by atoms with Crippen LogP contribution in [0.3, 0.4) is 0 Å². The van der Waals surface area contributed by atoms with E-state index in [4.69, 9.17) is 0 Å². The molecule has 116 valence electrons. The zero-order chi connectivity index (χ0) is 15.6. The van der Waals surface area contributed by atoms with E-state index >= 15 is 0 Å². The fraction of sp³-hybridized carbons (Fsp3) is 0.611. The van der Waals surface area contributed by atoms with Gasteiger partial charge in [-0.1, -0.05) is 45.4 Å². The quantitative estimate of drug-likeness (QED) is 0.841. The molecule has 2 N–H and O–H groups in total. The lowest BCUT2D eigenvalue weighted by atomic mass is 9.54. The van der Waals surface area contributed by atoms with Crippen LogP contribution in [0.4, 0.5) is 10.5 Å². The van der Waals surface area contributed by atoms with Gasteiger partial charge in [-0.2, -0.15) is 0 Å². The number of aryl methyl sites for hydroxylation is 2. The summed E-state index contributed by atoms with van der Waals surface area (Å²) in [5.41, 5.74) is 3.47. The molecule has 2 rings (SSSR count). The summed E-state index contributed by atoms with van der Waals surface area (Å²) in [6, 6.07) is 5.95. The first-order valence-electron chi connectivity index (χ1n) is 7.97. The molecule has 0 unspecified atom stereocenters. The normalized spacial score (nSPS) is 23.3. The van der Waals surface area contributed by atoms with Crippen molar-refractivity contribution in [1.29, 1.82) is 0 Å². The van der Waals surface area contributed by atoms with Gasteiger partial charge in [-0.15, -0.1) is 0 Å². The number of hydrogen-bond donors (Lipinski definition) is 2. The van der Waals surface area contributed by atoms with E-state index in [2.05, 4.69) is 31.4 Å². The monoisotopic (exact) mass is 288 g/mol. The standard InChI is InChI=1S/C18H28N2O/c1-6-14-10-15(18(14,4)5)11-19-17(21)20-16-12(2)8-7-9-13(16)3/h7-9,14-15H,6,10-11H2,1-5H3,(H2,19,20,21)/t14-,15-/m1/s1. The number of carbonyl (C=O) groups is 1. The van der Waals surface area contributed by atoms with Crippen molar-refractivity contribution < 1.29 is 4.79 Å². The van der Waals surface area contributed by atoms with Crippen molar-refractivity contribution >= 4 is 11.7 Å². The van der Waals surface area contributed by atoms with E-state index in [0.29, 0.717) is 11.3 Å². The lowest BCUT2D eigenvalue weighted by molar-refractivity contribution is -0.0193. The molecule has 0 saturated heterocycles. The topological polar surface area (TPSA) is 41.1 Å². The predicted octanol–water partition coefficient (Wildman–Crippen LogP) is 4.50. The average Bonchev–Trinajstić information content (AvgIpc) is 2.42. The van der Waals surface area contributed by atoms with Crippen LogP contribution in [0.5, 0.6) is 0 Å². The van der Waals surface area contributed by atoms with Crippen LogP contribution >= 0.6 is 0 Å². The first-order valence-corrected chi connectivity index (χ1v) is 7.97. The Balaban J connectivity index is 1.87. The molecule has 0 bridgehead atoms. The maximum Gasteiger partial charge on any atom is 0.319 e. The van der Waals surface area contributed by atoms with Gasteiger partial charge in [0.25, 0.3) is 0 Å². The van der Waals surface area contributed by atoms with Crippen LogP contribution in [-0.2, 0) is 0 Å². The number of nitrogens with one attached hydrogen (secondary N) is 2. The third-order valence-electron chi connectivity index (χ3n) is 5.39. The Hall–Kier alpha value is -1.51. The molecule has 0 aliphatic heterocycles. The maximum atomic E-state index is 12.1. The zero-order valence-electron chi connectivity index (χ0n) is 13.9. The minimum atomic E-state index is -0.0943. The Morgan fingerprint density at radius 1 is 1.24 bits per heavy atom. The Kier molecular flexibility index (Phi) is 4.60. The zero-order valence-corrected chi connectivity index (χ0v) is 13.9. The molecule has 0 aromatic heterocycles. The molecule has 0 spiro atoms. The fourth-order valence-corrected chi connectivity index (χ4v) is 3.55. The molecule has 0 radical (unpaired) electrons. The van der Waals surface area contributed by atoms with Crippen molar-refractivity contribution in [3.8, 4) is 0 Å². The van der Waals surface area contributed by atoms with Gasteiger partial charge in [-0.25, -0.2) is 4.79 Å². The van der Waals surface area contributed by atoms with Crippen molar-refractivity contribution in [3.63, 3.8) is 0 Å². The maximum absolute atomic E-state index is 12.1. The molecule has 1 saturated carbocycles. The molecule has 1 fully saturated rings. The second-order valence-corrected chi connectivity index (χ2v) is 6.96. The number of urea groups is 1. The predicted molar refractivity (Wildman–Crippen MR) is 88.6 cm³/mol. The molecule has 0 heterocycles. The minimum Gasteiger partial charge on any atom is -0.338 e. The van der Waals surface area contributed by atoms with Crippen molar-refractivity contribution in [2.75, 3.05) is 11.9 Å². The minimum absolute atomic E-state index is 0.0943. The highest BCUT2D eigenvalue weighted by atomic mass is 16.2. The van der Waals surface area contributed by atoms with Gasteiger partial charge in [-0.3, -0.25) is 0 Å². The molecule has 1 aliphatic rings. The van der Waals surface area contributed by atoms with Crippen LogP contribution in [0.1, 0.15) is 44.7 Å². The van der Waals surface area contributed by atoms with Crippen molar-refractivity contribution in [1.82, 2.24) is 5.32 Å². The summed E-state index contributed by atoms with van der Waals surface area (Å²) < 4.78 is 0. The summed E-state index contributed by atoms with van der Waals surface area (Å²) in [4.78, 5) is 12.1. The Labute approximate surface area is 128 Å².